The van der Waals surface area contributed by atoms with Gasteiger partial charge in [0.1, 0.15) is 18.1 Å². The number of anilines is 1. The summed E-state index contributed by atoms with van der Waals surface area (Å²) in [7, 11) is 0. The minimum Gasteiger partial charge on any atom is -0.472 e. The van der Waals surface area contributed by atoms with E-state index < -0.39 is 0 Å². The summed E-state index contributed by atoms with van der Waals surface area (Å²) in [6, 6.07) is 13.3. The molecule has 1 aromatic carbocycles. The largest absolute Gasteiger partial charge is 0.472 e. The molecule has 1 aliphatic rings. The zero-order valence-corrected chi connectivity index (χ0v) is 14.4. The minimum absolute atomic E-state index is 0.0839. The maximum Gasteiger partial charge on any atom is 0.233 e. The Morgan fingerprint density at radius 3 is 2.69 bits per heavy atom. The van der Waals surface area contributed by atoms with Gasteiger partial charge in [-0.1, -0.05) is 35.5 Å². The van der Waals surface area contributed by atoms with Crippen molar-refractivity contribution in [1.82, 2.24) is 15.4 Å². The second-order valence-corrected chi connectivity index (χ2v) is 6.10. The molecule has 1 amide bonds. The average Bonchev–Trinajstić information content (AvgIpc) is 3.27. The molecule has 0 aliphatic carbocycles. The molecule has 0 radical (unpaired) electrons. The van der Waals surface area contributed by atoms with Crippen LogP contribution in [-0.4, -0.2) is 27.8 Å². The van der Waals surface area contributed by atoms with Crippen molar-refractivity contribution in [2.45, 2.75) is 26.4 Å². The van der Waals surface area contributed by atoms with Crippen LogP contribution in [0.25, 0.3) is 11.3 Å². The number of rotatable bonds is 5. The molecule has 7 nitrogen and oxygen atoms in total. The van der Waals surface area contributed by atoms with Crippen molar-refractivity contribution >= 4 is 11.7 Å². The van der Waals surface area contributed by atoms with Crippen molar-refractivity contribution in [2.75, 3.05) is 11.4 Å². The van der Waals surface area contributed by atoms with E-state index in [2.05, 4.69) is 15.4 Å². The first-order valence-corrected chi connectivity index (χ1v) is 8.50. The topological polar surface area (TPSA) is 81.4 Å². The molecule has 1 saturated heterocycles. The number of nitrogens with zero attached hydrogens (tertiary/aromatic N) is 4. The third-order valence-corrected chi connectivity index (χ3v) is 4.37. The van der Waals surface area contributed by atoms with Crippen LogP contribution >= 0.6 is 0 Å². The van der Waals surface area contributed by atoms with Gasteiger partial charge in [-0.25, -0.2) is 0 Å². The zero-order chi connectivity index (χ0) is 17.9. The molecule has 0 bridgehead atoms. The fourth-order valence-corrected chi connectivity index (χ4v) is 2.95. The molecular formula is C19H18N4O3. The van der Waals surface area contributed by atoms with Gasteiger partial charge in [0.2, 0.25) is 11.8 Å². The van der Waals surface area contributed by atoms with Crippen LogP contribution in [0.3, 0.4) is 0 Å². The molecule has 26 heavy (non-hydrogen) atoms. The molecular weight excluding hydrogens is 332 g/mol. The highest BCUT2D eigenvalue weighted by Gasteiger charge is 2.23. The summed E-state index contributed by atoms with van der Waals surface area (Å²) >= 11 is 0. The van der Waals surface area contributed by atoms with Crippen molar-refractivity contribution in [1.29, 1.82) is 0 Å². The van der Waals surface area contributed by atoms with Gasteiger partial charge in [-0.15, -0.1) is 10.2 Å². The van der Waals surface area contributed by atoms with Gasteiger partial charge >= 0.3 is 0 Å². The predicted molar refractivity (Wildman–Crippen MR) is 94.6 cm³/mol. The first-order valence-electron chi connectivity index (χ1n) is 8.50. The summed E-state index contributed by atoms with van der Waals surface area (Å²) in [6.07, 6.45) is 1.42. The fourth-order valence-electron chi connectivity index (χ4n) is 2.95. The lowest BCUT2D eigenvalue weighted by molar-refractivity contribution is -0.117. The van der Waals surface area contributed by atoms with E-state index in [0.717, 1.165) is 23.2 Å². The number of carbonyl (C=O) groups excluding carboxylic acids is 1. The van der Waals surface area contributed by atoms with Crippen molar-refractivity contribution in [3.63, 3.8) is 0 Å². The fraction of sp³-hybridized carbons (Fsp3) is 0.263. The quantitative estimate of drug-likeness (QED) is 0.703. The lowest BCUT2D eigenvalue weighted by Gasteiger charge is -2.13. The van der Waals surface area contributed by atoms with Gasteiger partial charge in [-0.2, -0.15) is 0 Å². The summed E-state index contributed by atoms with van der Waals surface area (Å²) in [4.78, 5) is 13.4. The number of hydrogen-bond acceptors (Lipinski definition) is 6. The lowest BCUT2D eigenvalue weighted by atomic mass is 10.1. The highest BCUT2D eigenvalue weighted by Crippen LogP contribution is 2.26. The summed E-state index contributed by atoms with van der Waals surface area (Å²) < 4.78 is 11.1. The standard InChI is InChI=1S/C19H18N4O3/c1-13-15(19(22-26-13)14-6-3-2-4-7-14)12-25-17-10-9-16(20-21-17)23-11-5-8-18(23)24/h2-4,6-7,9-10H,5,8,11-12H2,1H3. The SMILES string of the molecule is Cc1onc(-c2ccccc2)c1COc1ccc(N2CCCC2=O)nn1. The van der Waals surface area contributed by atoms with Crippen molar-refractivity contribution in [2.24, 2.45) is 0 Å². The molecule has 1 aliphatic heterocycles. The van der Waals surface area contributed by atoms with Crippen molar-refractivity contribution in [3.05, 3.63) is 53.8 Å². The number of aryl methyl sites for hydroxylation is 1. The highest BCUT2D eigenvalue weighted by atomic mass is 16.5. The van der Waals surface area contributed by atoms with Crippen molar-refractivity contribution < 1.29 is 14.1 Å². The minimum atomic E-state index is 0.0839. The predicted octanol–water partition coefficient (Wildman–Crippen LogP) is 3.15. The van der Waals surface area contributed by atoms with E-state index in [1.165, 1.54) is 0 Å². The number of aromatic nitrogens is 3. The number of benzene rings is 1. The Hall–Kier alpha value is -3.22. The van der Waals surface area contributed by atoms with Gasteiger partial charge in [-0.3, -0.25) is 9.69 Å². The average molecular weight is 350 g/mol. The lowest BCUT2D eigenvalue weighted by Crippen LogP contribution is -2.24. The van der Waals surface area contributed by atoms with Crippen molar-refractivity contribution in [3.8, 4) is 17.1 Å². The molecule has 132 valence electrons. The van der Waals surface area contributed by atoms with E-state index in [1.54, 1.807) is 17.0 Å². The second-order valence-electron chi connectivity index (χ2n) is 6.10. The van der Waals surface area contributed by atoms with E-state index in [4.69, 9.17) is 9.26 Å². The van der Waals surface area contributed by atoms with Crippen LogP contribution in [0.5, 0.6) is 5.88 Å². The summed E-state index contributed by atoms with van der Waals surface area (Å²) in [5.41, 5.74) is 2.60. The molecule has 0 saturated carbocycles. The molecule has 0 N–H and O–H groups in total. The second kappa shape index (κ2) is 6.95. The maximum atomic E-state index is 11.8. The molecule has 4 rings (SSSR count). The van der Waals surface area contributed by atoms with Crippen LogP contribution in [0.2, 0.25) is 0 Å². The third-order valence-electron chi connectivity index (χ3n) is 4.37. The first kappa shape index (κ1) is 16.3. The van der Waals surface area contributed by atoms with Crippen LogP contribution < -0.4 is 9.64 Å². The molecule has 0 unspecified atom stereocenters. The van der Waals surface area contributed by atoms with Gasteiger partial charge in [0.25, 0.3) is 0 Å². The molecule has 2 aromatic heterocycles. The Bertz CT molecular complexity index is 906. The Balaban J connectivity index is 1.48. The third kappa shape index (κ3) is 3.15. The Labute approximate surface area is 150 Å². The normalized spacial score (nSPS) is 14.0. The van der Waals surface area contributed by atoms with Crippen LogP contribution in [0, 0.1) is 6.92 Å². The van der Waals surface area contributed by atoms with Gasteiger partial charge in [-0.05, 0) is 19.4 Å². The van der Waals surface area contributed by atoms with E-state index in [9.17, 15) is 4.79 Å². The molecule has 1 fully saturated rings. The van der Waals surface area contributed by atoms with Crippen LogP contribution in [0.4, 0.5) is 5.82 Å². The Morgan fingerprint density at radius 2 is 2.00 bits per heavy atom. The van der Waals surface area contributed by atoms with E-state index in [-0.39, 0.29) is 12.5 Å². The zero-order valence-electron chi connectivity index (χ0n) is 14.4. The maximum absolute atomic E-state index is 11.8. The monoisotopic (exact) mass is 350 g/mol. The Kier molecular flexibility index (Phi) is 4.35. The van der Waals surface area contributed by atoms with E-state index in [1.807, 2.05) is 37.3 Å². The highest BCUT2D eigenvalue weighted by molar-refractivity contribution is 5.94. The van der Waals surface area contributed by atoms with Gasteiger partial charge in [0.05, 0.1) is 5.56 Å². The van der Waals surface area contributed by atoms with Gasteiger partial charge in [0, 0.05) is 24.6 Å². The summed E-state index contributed by atoms with van der Waals surface area (Å²) in [5, 5.41) is 12.3. The number of hydrogen-bond donors (Lipinski definition) is 0. The number of carbonyl (C=O) groups is 1. The first-order chi connectivity index (χ1) is 12.7. The van der Waals surface area contributed by atoms with Crippen LogP contribution in [0.1, 0.15) is 24.2 Å². The van der Waals surface area contributed by atoms with Gasteiger partial charge in [0.15, 0.2) is 5.82 Å². The number of ether oxygens (including phenoxy) is 1. The molecule has 3 heterocycles. The van der Waals surface area contributed by atoms with Crippen LogP contribution in [-0.2, 0) is 11.4 Å². The van der Waals surface area contributed by atoms with E-state index in [0.29, 0.717) is 30.4 Å². The number of amides is 1. The summed E-state index contributed by atoms with van der Waals surface area (Å²) in [5.74, 6) is 1.74. The molecule has 7 heteroatoms. The smallest absolute Gasteiger partial charge is 0.233 e. The Morgan fingerprint density at radius 1 is 1.15 bits per heavy atom. The molecule has 0 atom stereocenters. The molecule has 3 aromatic rings. The van der Waals surface area contributed by atoms with Gasteiger partial charge < -0.3 is 9.26 Å². The molecule has 0 spiro atoms. The van der Waals surface area contributed by atoms with Crippen LogP contribution in [0.15, 0.2) is 47.0 Å². The summed E-state index contributed by atoms with van der Waals surface area (Å²) in [6.45, 7) is 2.82. The van der Waals surface area contributed by atoms with E-state index >= 15 is 0 Å².